The molecule has 6 nitrogen and oxygen atoms in total. The molecule has 2 rings (SSSR count). The van der Waals surface area contributed by atoms with Crippen molar-refractivity contribution < 1.29 is 9.34 Å². The van der Waals surface area contributed by atoms with E-state index in [0.717, 1.165) is 0 Å². The van der Waals surface area contributed by atoms with Crippen LogP contribution in [0.3, 0.4) is 0 Å². The lowest BCUT2D eigenvalue weighted by molar-refractivity contribution is -0.385. The van der Waals surface area contributed by atoms with Gasteiger partial charge in [0.2, 0.25) is 0 Å². The fourth-order valence-corrected chi connectivity index (χ4v) is 1.53. The van der Waals surface area contributed by atoms with E-state index in [1.54, 1.807) is 12.1 Å². The van der Waals surface area contributed by atoms with Gasteiger partial charge in [0.15, 0.2) is 0 Å². The highest BCUT2D eigenvalue weighted by molar-refractivity contribution is 6.31. The summed E-state index contributed by atoms with van der Waals surface area (Å²) >= 11 is 5.78. The van der Waals surface area contributed by atoms with Gasteiger partial charge in [-0.15, -0.1) is 0 Å². The summed E-state index contributed by atoms with van der Waals surface area (Å²) in [5.74, 6) is 0.540. The van der Waals surface area contributed by atoms with E-state index < -0.39 is 4.92 Å². The van der Waals surface area contributed by atoms with E-state index in [2.05, 4.69) is 10.2 Å². The summed E-state index contributed by atoms with van der Waals surface area (Å²) in [6.45, 7) is 0. The number of halogens is 1. The summed E-state index contributed by atoms with van der Waals surface area (Å²) in [6.07, 6.45) is 4.17. The third kappa shape index (κ3) is 3.49. The van der Waals surface area contributed by atoms with E-state index in [0.29, 0.717) is 10.8 Å². The maximum atomic E-state index is 10.8. The van der Waals surface area contributed by atoms with Gasteiger partial charge in [0, 0.05) is 11.1 Å². The monoisotopic (exact) mass is 277 g/mol. The maximum absolute atomic E-state index is 10.8. The lowest BCUT2D eigenvalue weighted by atomic mass is 10.2. The van der Waals surface area contributed by atoms with E-state index in [1.165, 1.54) is 36.9 Å². The molecule has 0 saturated carbocycles. The second-order valence-electron chi connectivity index (χ2n) is 3.46. The number of benzene rings is 1. The highest BCUT2D eigenvalue weighted by Crippen LogP contribution is 2.21. The Kier molecular flexibility index (Phi) is 4.04. The number of nitro benzene ring substituents is 1. The van der Waals surface area contributed by atoms with Gasteiger partial charge in [-0.25, -0.2) is 0 Å². The van der Waals surface area contributed by atoms with Crippen molar-refractivity contribution in [2.75, 3.05) is 0 Å². The quantitative estimate of drug-likeness (QED) is 0.488. The van der Waals surface area contributed by atoms with Crippen LogP contribution in [-0.4, -0.2) is 17.4 Å². The van der Waals surface area contributed by atoms with Crippen LogP contribution in [0.25, 0.3) is 0 Å². The molecule has 0 aliphatic rings. The van der Waals surface area contributed by atoms with Crippen LogP contribution in [0.15, 0.2) is 51.2 Å². The molecule has 19 heavy (non-hydrogen) atoms. The SMILES string of the molecule is O=[N+]([O-])c1ccc(Cl)cc1/C=N\N=C\c1ccco1. The van der Waals surface area contributed by atoms with Gasteiger partial charge >= 0.3 is 0 Å². The van der Waals surface area contributed by atoms with Crippen LogP contribution in [0.4, 0.5) is 5.69 Å². The fourth-order valence-electron chi connectivity index (χ4n) is 1.35. The van der Waals surface area contributed by atoms with Crippen molar-refractivity contribution in [3.63, 3.8) is 0 Å². The molecule has 2 aromatic rings. The van der Waals surface area contributed by atoms with Crippen LogP contribution in [0.2, 0.25) is 5.02 Å². The molecule has 0 unspecified atom stereocenters. The van der Waals surface area contributed by atoms with Gasteiger partial charge < -0.3 is 4.42 Å². The molecule has 0 fully saturated rings. The Morgan fingerprint density at radius 3 is 2.74 bits per heavy atom. The molecule has 0 saturated heterocycles. The van der Waals surface area contributed by atoms with E-state index in [-0.39, 0.29) is 11.3 Å². The number of rotatable bonds is 4. The Balaban J connectivity index is 2.18. The minimum atomic E-state index is -0.506. The number of nitrogens with zero attached hydrogens (tertiary/aromatic N) is 3. The van der Waals surface area contributed by atoms with Crippen molar-refractivity contribution in [2.24, 2.45) is 10.2 Å². The topological polar surface area (TPSA) is 81.0 Å². The predicted octanol–water partition coefficient (Wildman–Crippen LogP) is 3.29. The van der Waals surface area contributed by atoms with Gasteiger partial charge in [-0.1, -0.05) is 11.6 Å². The van der Waals surface area contributed by atoms with Crippen molar-refractivity contribution in [3.05, 3.63) is 63.1 Å². The molecule has 0 atom stereocenters. The third-order valence-electron chi connectivity index (χ3n) is 2.18. The van der Waals surface area contributed by atoms with Crippen LogP contribution >= 0.6 is 11.6 Å². The van der Waals surface area contributed by atoms with Crippen molar-refractivity contribution in [2.45, 2.75) is 0 Å². The summed E-state index contributed by atoms with van der Waals surface area (Å²) in [5.41, 5.74) is 0.204. The number of furan rings is 1. The molecule has 0 aliphatic heterocycles. The van der Waals surface area contributed by atoms with Crippen molar-refractivity contribution in [3.8, 4) is 0 Å². The molecule has 0 spiro atoms. The summed E-state index contributed by atoms with van der Waals surface area (Å²) < 4.78 is 5.01. The van der Waals surface area contributed by atoms with Crippen LogP contribution in [0.5, 0.6) is 0 Å². The van der Waals surface area contributed by atoms with Crippen LogP contribution in [0, 0.1) is 10.1 Å². The average molecular weight is 278 g/mol. The van der Waals surface area contributed by atoms with Crippen LogP contribution < -0.4 is 0 Å². The summed E-state index contributed by atoms with van der Waals surface area (Å²) in [5, 5.41) is 18.6. The highest BCUT2D eigenvalue weighted by atomic mass is 35.5. The van der Waals surface area contributed by atoms with Gasteiger partial charge in [-0.2, -0.15) is 10.2 Å². The number of nitro groups is 1. The smallest absolute Gasteiger partial charge is 0.278 e. The molecule has 1 heterocycles. The number of hydrogen-bond donors (Lipinski definition) is 0. The Hall–Kier alpha value is -2.47. The summed E-state index contributed by atoms with van der Waals surface area (Å²) in [6, 6.07) is 7.64. The maximum Gasteiger partial charge on any atom is 0.278 e. The molecule has 96 valence electrons. The molecule has 0 aliphatic carbocycles. The van der Waals surface area contributed by atoms with Crippen molar-refractivity contribution in [1.82, 2.24) is 0 Å². The van der Waals surface area contributed by atoms with E-state index in [4.69, 9.17) is 16.0 Å². The van der Waals surface area contributed by atoms with Crippen LogP contribution in [-0.2, 0) is 0 Å². The lowest BCUT2D eigenvalue weighted by Gasteiger charge is -1.96. The molecule has 7 heteroatoms. The van der Waals surface area contributed by atoms with Gasteiger partial charge in [0.25, 0.3) is 5.69 Å². The largest absolute Gasteiger partial charge is 0.463 e. The molecule has 0 bridgehead atoms. The predicted molar refractivity (Wildman–Crippen MR) is 72.0 cm³/mol. The first-order chi connectivity index (χ1) is 9.16. The Bertz CT molecular complexity index is 636. The molecular formula is C12H8ClN3O3. The molecule has 1 aromatic heterocycles. The van der Waals surface area contributed by atoms with Crippen LogP contribution in [0.1, 0.15) is 11.3 Å². The third-order valence-corrected chi connectivity index (χ3v) is 2.41. The van der Waals surface area contributed by atoms with Gasteiger partial charge in [-0.3, -0.25) is 10.1 Å². The minimum Gasteiger partial charge on any atom is -0.463 e. The zero-order chi connectivity index (χ0) is 13.7. The fraction of sp³-hybridized carbons (Fsp3) is 0. The zero-order valence-corrected chi connectivity index (χ0v) is 10.3. The lowest BCUT2D eigenvalue weighted by Crippen LogP contribution is -1.94. The first kappa shape index (κ1) is 13.0. The molecule has 0 amide bonds. The first-order valence-electron chi connectivity index (χ1n) is 5.20. The second-order valence-corrected chi connectivity index (χ2v) is 3.90. The molecule has 0 radical (unpaired) electrons. The summed E-state index contributed by atoms with van der Waals surface area (Å²) in [7, 11) is 0. The van der Waals surface area contributed by atoms with E-state index in [9.17, 15) is 10.1 Å². The van der Waals surface area contributed by atoms with Gasteiger partial charge in [-0.05, 0) is 24.3 Å². The second kappa shape index (κ2) is 5.92. The van der Waals surface area contributed by atoms with Crippen molar-refractivity contribution >= 4 is 29.7 Å². The minimum absolute atomic E-state index is 0.0821. The van der Waals surface area contributed by atoms with E-state index >= 15 is 0 Å². The zero-order valence-electron chi connectivity index (χ0n) is 9.56. The Morgan fingerprint density at radius 2 is 2.05 bits per heavy atom. The molecule has 0 N–H and O–H groups in total. The highest BCUT2D eigenvalue weighted by Gasteiger charge is 2.11. The molecule has 1 aromatic carbocycles. The first-order valence-corrected chi connectivity index (χ1v) is 5.58. The Labute approximate surface area is 113 Å². The summed E-state index contributed by atoms with van der Waals surface area (Å²) in [4.78, 5) is 10.3. The average Bonchev–Trinajstić information content (AvgIpc) is 2.87. The normalized spacial score (nSPS) is 11.4. The van der Waals surface area contributed by atoms with Gasteiger partial charge in [0.05, 0.1) is 29.2 Å². The van der Waals surface area contributed by atoms with E-state index in [1.807, 2.05) is 0 Å². The number of hydrogen-bond acceptors (Lipinski definition) is 5. The molecular weight excluding hydrogens is 270 g/mol. The Morgan fingerprint density at radius 1 is 1.26 bits per heavy atom. The standard InChI is InChI=1S/C12H8ClN3O3/c13-10-3-4-12(16(17)18)9(6-10)7-14-15-8-11-2-1-5-19-11/h1-8H/b14-7-,15-8+. The van der Waals surface area contributed by atoms with Crippen molar-refractivity contribution in [1.29, 1.82) is 0 Å². The van der Waals surface area contributed by atoms with Gasteiger partial charge in [0.1, 0.15) is 5.76 Å².